The molecule has 0 saturated heterocycles. The van der Waals surface area contributed by atoms with Crippen LogP contribution in [0.15, 0.2) is 12.3 Å². The highest BCUT2D eigenvalue weighted by Crippen LogP contribution is 2.36. The Balaban J connectivity index is 3.38. The lowest BCUT2D eigenvalue weighted by Gasteiger charge is -2.11. The van der Waals surface area contributed by atoms with Crippen molar-refractivity contribution in [2.75, 3.05) is 0 Å². The van der Waals surface area contributed by atoms with Crippen LogP contribution in [-0.4, -0.2) is 4.98 Å². The van der Waals surface area contributed by atoms with Gasteiger partial charge in [-0.3, -0.25) is 0 Å². The minimum absolute atomic E-state index is 0.441. The van der Waals surface area contributed by atoms with Crippen LogP contribution >= 0.6 is 0 Å². The Hall–Kier alpha value is -1.27. The van der Waals surface area contributed by atoms with E-state index in [0.717, 1.165) is 0 Å². The third-order valence-corrected chi connectivity index (χ3v) is 1.46. The molecule has 0 aliphatic rings. The van der Waals surface area contributed by atoms with Crippen LogP contribution in [0, 0.1) is 5.95 Å². The quantitative estimate of drug-likeness (QED) is 0.517. The number of aromatic nitrogens is 1. The van der Waals surface area contributed by atoms with Crippen molar-refractivity contribution in [2.45, 2.75) is 12.6 Å². The SMILES string of the molecule is Fc1nccc(C(F)F)c1C(F)(F)F. The van der Waals surface area contributed by atoms with Gasteiger partial charge in [0.2, 0.25) is 5.95 Å². The molecule has 1 aromatic heterocycles. The molecule has 0 aromatic carbocycles. The molecule has 1 aromatic rings. The first-order valence-electron chi connectivity index (χ1n) is 3.33. The largest absolute Gasteiger partial charge is 0.421 e. The van der Waals surface area contributed by atoms with Crippen molar-refractivity contribution in [1.82, 2.24) is 4.98 Å². The van der Waals surface area contributed by atoms with Crippen molar-refractivity contribution in [3.05, 3.63) is 29.3 Å². The van der Waals surface area contributed by atoms with E-state index in [9.17, 15) is 26.3 Å². The molecule has 78 valence electrons. The third-order valence-electron chi connectivity index (χ3n) is 1.46. The van der Waals surface area contributed by atoms with Crippen LogP contribution in [0.2, 0.25) is 0 Å². The Morgan fingerprint density at radius 2 is 1.79 bits per heavy atom. The molecule has 0 aliphatic carbocycles. The van der Waals surface area contributed by atoms with E-state index in [1.54, 1.807) is 0 Å². The highest BCUT2D eigenvalue weighted by molar-refractivity contribution is 5.28. The van der Waals surface area contributed by atoms with Gasteiger partial charge in [-0.1, -0.05) is 0 Å². The summed E-state index contributed by atoms with van der Waals surface area (Å²) in [5, 5.41) is 0. The topological polar surface area (TPSA) is 12.9 Å². The first kappa shape index (κ1) is 10.8. The molecule has 0 amide bonds. The van der Waals surface area contributed by atoms with Gasteiger partial charge in [0.1, 0.15) is 5.56 Å². The fraction of sp³-hybridized carbons (Fsp3) is 0.286. The van der Waals surface area contributed by atoms with Gasteiger partial charge in [0, 0.05) is 11.8 Å². The molecular weight excluding hydrogens is 212 g/mol. The lowest BCUT2D eigenvalue weighted by Crippen LogP contribution is -2.13. The van der Waals surface area contributed by atoms with Crippen molar-refractivity contribution in [2.24, 2.45) is 0 Å². The highest BCUT2D eigenvalue weighted by atomic mass is 19.4. The molecule has 1 rings (SSSR count). The van der Waals surface area contributed by atoms with E-state index in [1.807, 2.05) is 0 Å². The molecule has 1 heterocycles. The molecule has 0 bridgehead atoms. The second kappa shape index (κ2) is 3.47. The summed E-state index contributed by atoms with van der Waals surface area (Å²) in [5.74, 6) is -1.93. The van der Waals surface area contributed by atoms with Gasteiger partial charge in [-0.25, -0.2) is 13.8 Å². The van der Waals surface area contributed by atoms with Crippen LogP contribution in [0.25, 0.3) is 0 Å². The molecule has 1 nitrogen and oxygen atoms in total. The van der Waals surface area contributed by atoms with E-state index in [4.69, 9.17) is 0 Å². The number of nitrogens with zero attached hydrogens (tertiary/aromatic N) is 1. The zero-order valence-electron chi connectivity index (χ0n) is 6.45. The van der Waals surface area contributed by atoms with Crippen LogP contribution in [0.1, 0.15) is 17.6 Å². The van der Waals surface area contributed by atoms with Crippen molar-refractivity contribution in [3.8, 4) is 0 Å². The van der Waals surface area contributed by atoms with Gasteiger partial charge in [0.25, 0.3) is 6.43 Å². The monoisotopic (exact) mass is 215 g/mol. The fourth-order valence-corrected chi connectivity index (χ4v) is 0.912. The van der Waals surface area contributed by atoms with Gasteiger partial charge in [-0.2, -0.15) is 17.6 Å². The second-order valence-electron chi connectivity index (χ2n) is 2.36. The van der Waals surface area contributed by atoms with Crippen LogP contribution in [0.3, 0.4) is 0 Å². The van der Waals surface area contributed by atoms with Gasteiger partial charge in [-0.15, -0.1) is 0 Å². The summed E-state index contributed by atoms with van der Waals surface area (Å²) in [6.45, 7) is 0. The lowest BCUT2D eigenvalue weighted by molar-refractivity contribution is -0.142. The van der Waals surface area contributed by atoms with E-state index in [0.29, 0.717) is 12.3 Å². The van der Waals surface area contributed by atoms with E-state index in [2.05, 4.69) is 4.98 Å². The summed E-state index contributed by atoms with van der Waals surface area (Å²) < 4.78 is 72.8. The molecule has 0 fully saturated rings. The molecule has 7 heteroatoms. The number of halogens is 6. The molecule has 0 saturated carbocycles. The van der Waals surface area contributed by atoms with Gasteiger partial charge in [-0.05, 0) is 6.07 Å². The average Bonchev–Trinajstić information content (AvgIpc) is 2.01. The maximum absolute atomic E-state index is 12.5. The average molecular weight is 215 g/mol. The maximum Gasteiger partial charge on any atom is 0.421 e. The Kier molecular flexibility index (Phi) is 2.68. The lowest BCUT2D eigenvalue weighted by atomic mass is 10.1. The summed E-state index contributed by atoms with van der Waals surface area (Å²) in [4.78, 5) is 2.67. The van der Waals surface area contributed by atoms with E-state index in [-0.39, 0.29) is 0 Å². The second-order valence-corrected chi connectivity index (χ2v) is 2.36. The van der Waals surface area contributed by atoms with E-state index in [1.165, 1.54) is 0 Å². The van der Waals surface area contributed by atoms with Crippen LogP contribution in [-0.2, 0) is 6.18 Å². The van der Waals surface area contributed by atoms with Gasteiger partial charge in [0.15, 0.2) is 0 Å². The molecule has 0 unspecified atom stereocenters. The number of hydrogen-bond acceptors (Lipinski definition) is 1. The molecule has 0 radical (unpaired) electrons. The summed E-state index contributed by atoms with van der Waals surface area (Å²) >= 11 is 0. The normalized spacial score (nSPS) is 12.2. The summed E-state index contributed by atoms with van der Waals surface area (Å²) in [5.41, 5.74) is -3.40. The van der Waals surface area contributed by atoms with Crippen molar-refractivity contribution < 1.29 is 26.3 Å². The minimum Gasteiger partial charge on any atom is -0.228 e. The number of hydrogen-bond donors (Lipinski definition) is 0. The molecule has 14 heavy (non-hydrogen) atoms. The smallest absolute Gasteiger partial charge is 0.228 e. The van der Waals surface area contributed by atoms with Crippen molar-refractivity contribution in [1.29, 1.82) is 0 Å². The summed E-state index contributed by atoms with van der Waals surface area (Å²) in [6.07, 6.45) is -7.99. The number of alkyl halides is 5. The first-order chi connectivity index (χ1) is 6.34. The van der Waals surface area contributed by atoms with Gasteiger partial charge >= 0.3 is 6.18 Å². The first-order valence-corrected chi connectivity index (χ1v) is 3.33. The Bertz CT molecular complexity index is 331. The predicted octanol–water partition coefficient (Wildman–Crippen LogP) is 3.18. The minimum atomic E-state index is -5.16. The van der Waals surface area contributed by atoms with Crippen LogP contribution in [0.5, 0.6) is 0 Å². The van der Waals surface area contributed by atoms with E-state index >= 15 is 0 Å². The predicted molar refractivity (Wildman–Crippen MR) is 34.2 cm³/mol. The molecular formula is C7H3F6N. The maximum atomic E-state index is 12.5. The summed E-state index contributed by atoms with van der Waals surface area (Å²) in [6, 6.07) is 0.441. The fourth-order valence-electron chi connectivity index (χ4n) is 0.912. The van der Waals surface area contributed by atoms with Gasteiger partial charge < -0.3 is 0 Å². The zero-order valence-corrected chi connectivity index (χ0v) is 6.45. The van der Waals surface area contributed by atoms with Crippen LogP contribution < -0.4 is 0 Å². The third kappa shape index (κ3) is 1.97. The number of pyridine rings is 1. The molecule has 0 spiro atoms. The van der Waals surface area contributed by atoms with Crippen molar-refractivity contribution >= 4 is 0 Å². The van der Waals surface area contributed by atoms with E-state index < -0.39 is 29.7 Å². The molecule has 0 N–H and O–H groups in total. The Labute approximate surface area is 74.4 Å². The standard InChI is InChI=1S/C7H3F6N/c8-5(9)3-1-2-14-6(10)4(3)7(11,12)13/h1-2,5H. The van der Waals surface area contributed by atoms with Crippen LogP contribution in [0.4, 0.5) is 26.3 Å². The van der Waals surface area contributed by atoms with Crippen molar-refractivity contribution in [3.63, 3.8) is 0 Å². The Morgan fingerprint density at radius 3 is 2.14 bits per heavy atom. The molecule has 0 atom stereocenters. The van der Waals surface area contributed by atoms with Gasteiger partial charge in [0.05, 0.1) is 0 Å². The zero-order chi connectivity index (χ0) is 10.9. The molecule has 0 aliphatic heterocycles. The summed E-state index contributed by atoms with van der Waals surface area (Å²) in [7, 11) is 0. The Morgan fingerprint density at radius 1 is 1.21 bits per heavy atom. The highest BCUT2D eigenvalue weighted by Gasteiger charge is 2.39. The number of rotatable bonds is 1.